The summed E-state index contributed by atoms with van der Waals surface area (Å²) in [7, 11) is 3.24. The van der Waals surface area contributed by atoms with E-state index >= 15 is 0 Å². The minimum absolute atomic E-state index is 0.368. The van der Waals surface area contributed by atoms with Crippen molar-refractivity contribution in [2.75, 3.05) is 20.8 Å². The molecule has 1 saturated carbocycles. The molecule has 1 N–H and O–H groups in total. The average molecular weight is 270 g/mol. The van der Waals surface area contributed by atoms with Crippen LogP contribution in [0, 0.1) is 5.92 Å². The van der Waals surface area contributed by atoms with Crippen LogP contribution in [-0.2, 0) is 0 Å². The number of hydrogen-bond acceptors (Lipinski definition) is 3. The first-order valence-electron chi connectivity index (χ1n) is 6.36. The van der Waals surface area contributed by atoms with Crippen molar-refractivity contribution in [2.24, 2.45) is 5.92 Å². The quantitative estimate of drug-likeness (QED) is 0.858. The van der Waals surface area contributed by atoms with E-state index in [1.165, 1.54) is 18.4 Å². The fraction of sp³-hybridized carbons (Fsp3) is 0.571. The number of nitrogens with one attached hydrogen (secondary N) is 1. The summed E-state index contributed by atoms with van der Waals surface area (Å²) in [6.45, 7) is 3.07. The van der Waals surface area contributed by atoms with Gasteiger partial charge in [0.25, 0.3) is 0 Å². The van der Waals surface area contributed by atoms with E-state index < -0.39 is 0 Å². The molecule has 18 heavy (non-hydrogen) atoms. The Balaban J connectivity index is 2.34. The fourth-order valence-corrected chi connectivity index (χ4v) is 2.62. The van der Waals surface area contributed by atoms with Crippen molar-refractivity contribution in [3.63, 3.8) is 0 Å². The van der Waals surface area contributed by atoms with Gasteiger partial charge in [0.15, 0.2) is 11.5 Å². The second kappa shape index (κ2) is 5.81. The van der Waals surface area contributed by atoms with Gasteiger partial charge in [-0.25, -0.2) is 0 Å². The van der Waals surface area contributed by atoms with Gasteiger partial charge in [0.1, 0.15) is 0 Å². The molecule has 0 radical (unpaired) electrons. The first kappa shape index (κ1) is 13.5. The second-order valence-electron chi connectivity index (χ2n) is 4.61. The lowest BCUT2D eigenvalue weighted by molar-refractivity contribution is 0.353. The van der Waals surface area contributed by atoms with Crippen molar-refractivity contribution in [3.05, 3.63) is 22.7 Å². The Bertz CT molecular complexity index is 419. The molecule has 3 nitrogen and oxygen atoms in total. The smallest absolute Gasteiger partial charge is 0.179 e. The van der Waals surface area contributed by atoms with Crippen LogP contribution in [0.1, 0.15) is 31.4 Å². The third-order valence-electron chi connectivity index (χ3n) is 3.33. The summed E-state index contributed by atoms with van der Waals surface area (Å²) >= 11 is 6.25. The van der Waals surface area contributed by atoms with E-state index in [0.29, 0.717) is 22.6 Å². The van der Waals surface area contributed by atoms with Crippen LogP contribution in [0.5, 0.6) is 11.5 Å². The van der Waals surface area contributed by atoms with Gasteiger partial charge in [-0.2, -0.15) is 0 Å². The molecule has 100 valence electrons. The summed E-state index contributed by atoms with van der Waals surface area (Å²) in [5.41, 5.74) is 1.18. The highest BCUT2D eigenvalue weighted by Crippen LogP contribution is 2.44. The largest absolute Gasteiger partial charge is 0.493 e. The zero-order valence-electron chi connectivity index (χ0n) is 11.1. The molecule has 1 aliphatic carbocycles. The summed E-state index contributed by atoms with van der Waals surface area (Å²) < 4.78 is 10.6. The van der Waals surface area contributed by atoms with Gasteiger partial charge in [-0.15, -0.1) is 0 Å². The molecule has 0 spiro atoms. The third-order valence-corrected chi connectivity index (χ3v) is 3.61. The van der Waals surface area contributed by atoms with Gasteiger partial charge >= 0.3 is 0 Å². The predicted molar refractivity (Wildman–Crippen MR) is 73.7 cm³/mol. The van der Waals surface area contributed by atoms with E-state index in [1.807, 2.05) is 12.1 Å². The second-order valence-corrected chi connectivity index (χ2v) is 5.02. The van der Waals surface area contributed by atoms with Gasteiger partial charge < -0.3 is 14.8 Å². The van der Waals surface area contributed by atoms with Crippen LogP contribution < -0.4 is 14.8 Å². The van der Waals surface area contributed by atoms with Crippen LogP contribution in [0.15, 0.2) is 12.1 Å². The zero-order valence-corrected chi connectivity index (χ0v) is 11.9. The number of hydrogen-bond donors (Lipinski definition) is 1. The Hall–Kier alpha value is -0.930. The Morgan fingerprint density at radius 2 is 2.06 bits per heavy atom. The predicted octanol–water partition coefficient (Wildman–Crippen LogP) is 3.42. The average Bonchev–Trinajstić information content (AvgIpc) is 3.19. The topological polar surface area (TPSA) is 30.5 Å². The molecular formula is C14H20ClNO2. The normalized spacial score (nSPS) is 16.4. The summed E-state index contributed by atoms with van der Waals surface area (Å²) in [6, 6.07) is 4.37. The molecule has 1 unspecified atom stereocenters. The molecule has 0 aromatic heterocycles. The van der Waals surface area contributed by atoms with Gasteiger partial charge in [0.05, 0.1) is 19.2 Å². The van der Waals surface area contributed by atoms with Crippen molar-refractivity contribution in [1.29, 1.82) is 0 Å². The SMILES string of the molecule is CCNC(c1cc(Cl)c(OC)c(OC)c1)C1CC1. The van der Waals surface area contributed by atoms with Crippen LogP contribution in [0.4, 0.5) is 0 Å². The first-order valence-corrected chi connectivity index (χ1v) is 6.73. The lowest BCUT2D eigenvalue weighted by Crippen LogP contribution is -2.22. The van der Waals surface area contributed by atoms with Crippen LogP contribution in [0.25, 0.3) is 0 Å². The summed E-state index contributed by atoms with van der Waals surface area (Å²) in [5, 5.41) is 4.13. The van der Waals surface area contributed by atoms with Crippen molar-refractivity contribution in [3.8, 4) is 11.5 Å². The highest BCUT2D eigenvalue weighted by atomic mass is 35.5. The summed E-state index contributed by atoms with van der Waals surface area (Å²) in [4.78, 5) is 0. The van der Waals surface area contributed by atoms with Crippen LogP contribution >= 0.6 is 11.6 Å². The van der Waals surface area contributed by atoms with Crippen LogP contribution in [0.3, 0.4) is 0 Å². The van der Waals surface area contributed by atoms with Crippen molar-refractivity contribution < 1.29 is 9.47 Å². The lowest BCUT2D eigenvalue weighted by atomic mass is 10.0. The van der Waals surface area contributed by atoms with Crippen molar-refractivity contribution in [1.82, 2.24) is 5.32 Å². The maximum atomic E-state index is 6.25. The third kappa shape index (κ3) is 2.73. The molecule has 0 heterocycles. The molecule has 1 aliphatic rings. The summed E-state index contributed by atoms with van der Waals surface area (Å²) in [5.74, 6) is 2.02. The molecule has 2 rings (SSSR count). The maximum absolute atomic E-state index is 6.25. The van der Waals surface area contributed by atoms with Crippen molar-refractivity contribution in [2.45, 2.75) is 25.8 Å². The standard InChI is InChI=1S/C14H20ClNO2/c1-4-16-13(9-5-6-9)10-7-11(15)14(18-3)12(8-10)17-2/h7-9,13,16H,4-6H2,1-3H3. The number of benzene rings is 1. The number of rotatable bonds is 6. The summed E-state index contributed by atoms with van der Waals surface area (Å²) in [6.07, 6.45) is 2.56. The maximum Gasteiger partial charge on any atom is 0.179 e. The fourth-order valence-electron chi connectivity index (χ4n) is 2.32. The lowest BCUT2D eigenvalue weighted by Gasteiger charge is -2.20. The van der Waals surface area contributed by atoms with Crippen molar-refractivity contribution >= 4 is 11.6 Å². The number of methoxy groups -OCH3 is 2. The van der Waals surface area contributed by atoms with Crippen LogP contribution in [-0.4, -0.2) is 20.8 Å². The van der Waals surface area contributed by atoms with Gasteiger partial charge in [0, 0.05) is 6.04 Å². The van der Waals surface area contributed by atoms with Gasteiger partial charge in [-0.05, 0) is 43.0 Å². The first-order chi connectivity index (χ1) is 8.71. The minimum atomic E-state index is 0.368. The van der Waals surface area contributed by atoms with E-state index in [2.05, 4.69) is 12.2 Å². The van der Waals surface area contributed by atoms with Crippen LogP contribution in [0.2, 0.25) is 5.02 Å². The Kier molecular flexibility index (Phi) is 4.36. The molecule has 0 aliphatic heterocycles. The molecule has 1 aromatic carbocycles. The Morgan fingerprint density at radius 1 is 1.33 bits per heavy atom. The van der Waals surface area contributed by atoms with E-state index in [9.17, 15) is 0 Å². The van der Waals surface area contributed by atoms with Gasteiger partial charge in [-0.1, -0.05) is 18.5 Å². The van der Waals surface area contributed by atoms with E-state index in [4.69, 9.17) is 21.1 Å². The van der Waals surface area contributed by atoms with Gasteiger partial charge in [0.2, 0.25) is 0 Å². The highest BCUT2D eigenvalue weighted by molar-refractivity contribution is 6.32. The molecule has 1 fully saturated rings. The van der Waals surface area contributed by atoms with E-state index in [-0.39, 0.29) is 0 Å². The molecule has 1 aromatic rings. The van der Waals surface area contributed by atoms with E-state index in [0.717, 1.165) is 12.5 Å². The molecule has 0 amide bonds. The Labute approximate surface area is 113 Å². The number of halogens is 1. The molecule has 4 heteroatoms. The molecule has 0 saturated heterocycles. The number of ether oxygens (including phenoxy) is 2. The Morgan fingerprint density at radius 3 is 2.56 bits per heavy atom. The molecule has 0 bridgehead atoms. The zero-order chi connectivity index (χ0) is 13.1. The van der Waals surface area contributed by atoms with E-state index in [1.54, 1.807) is 14.2 Å². The van der Waals surface area contributed by atoms with Gasteiger partial charge in [-0.3, -0.25) is 0 Å². The molecular weight excluding hydrogens is 250 g/mol. The molecule has 1 atom stereocenters. The highest BCUT2D eigenvalue weighted by Gasteiger charge is 2.32. The minimum Gasteiger partial charge on any atom is -0.493 e. The monoisotopic (exact) mass is 269 g/mol.